The van der Waals surface area contributed by atoms with Crippen LogP contribution in [0.2, 0.25) is 0 Å². The van der Waals surface area contributed by atoms with Crippen LogP contribution in [-0.4, -0.2) is 32.0 Å². The smallest absolute Gasteiger partial charge is 0.443 e. The standard InChI is InChI=1S/C11H8F7NO2S2/c1-7-4-2-3-5-8(7)23(21)19(6-20)22-9(12,10(13,14)15)11(16,17)18/h2-6H,1H3. The lowest BCUT2D eigenvalue weighted by Gasteiger charge is -2.31. The molecule has 1 rings (SSSR count). The van der Waals surface area contributed by atoms with Crippen LogP contribution in [0, 0.1) is 6.92 Å². The van der Waals surface area contributed by atoms with Gasteiger partial charge in [-0.05, 0) is 13.0 Å². The molecule has 1 atom stereocenters. The van der Waals surface area contributed by atoms with Crippen LogP contribution in [0.15, 0.2) is 29.2 Å². The number of nitrogens with zero attached hydrogens (tertiary/aromatic N) is 1. The van der Waals surface area contributed by atoms with Gasteiger partial charge in [0, 0.05) is 5.56 Å². The number of hydrogen-bond donors (Lipinski definition) is 0. The average molecular weight is 383 g/mol. The van der Waals surface area contributed by atoms with Crippen LogP contribution in [0.1, 0.15) is 5.56 Å². The molecule has 0 aromatic heterocycles. The van der Waals surface area contributed by atoms with Crippen LogP contribution in [0.3, 0.4) is 0 Å². The third-order valence-electron chi connectivity index (χ3n) is 2.48. The fourth-order valence-electron chi connectivity index (χ4n) is 1.33. The van der Waals surface area contributed by atoms with Gasteiger partial charge in [0.2, 0.25) is 0 Å². The Bertz CT molecular complexity index is 550. The minimum atomic E-state index is -6.37. The summed E-state index contributed by atoms with van der Waals surface area (Å²) in [6.07, 6.45) is -13.3. The molecule has 0 aliphatic carbocycles. The molecule has 3 nitrogen and oxygen atoms in total. The molecule has 130 valence electrons. The number of alkyl halides is 7. The van der Waals surface area contributed by atoms with Gasteiger partial charge in [-0.3, -0.25) is 4.79 Å². The van der Waals surface area contributed by atoms with E-state index in [2.05, 4.69) is 0 Å². The lowest BCUT2D eigenvalue weighted by molar-refractivity contribution is -0.303. The van der Waals surface area contributed by atoms with E-state index in [1.54, 1.807) is 0 Å². The Kier molecular flexibility index (Phi) is 5.86. The maximum atomic E-state index is 13.6. The van der Waals surface area contributed by atoms with E-state index in [0.29, 0.717) is 0 Å². The number of carbonyl (C=O) groups is 1. The predicted molar refractivity (Wildman–Crippen MR) is 69.0 cm³/mol. The number of aryl methyl sites for hydroxylation is 1. The fourth-order valence-corrected chi connectivity index (χ4v) is 3.46. The van der Waals surface area contributed by atoms with Gasteiger partial charge in [-0.2, -0.15) is 26.3 Å². The van der Waals surface area contributed by atoms with E-state index in [1.807, 2.05) is 0 Å². The van der Waals surface area contributed by atoms with Crippen LogP contribution in [0.25, 0.3) is 0 Å². The van der Waals surface area contributed by atoms with Gasteiger partial charge in [0.05, 0.1) is 11.9 Å². The molecule has 0 radical (unpaired) electrons. The first-order chi connectivity index (χ1) is 10.3. The Morgan fingerprint density at radius 2 is 1.57 bits per heavy atom. The lowest BCUT2D eigenvalue weighted by atomic mass is 10.2. The molecule has 0 saturated carbocycles. The number of rotatable bonds is 5. The zero-order valence-corrected chi connectivity index (χ0v) is 12.7. The van der Waals surface area contributed by atoms with Crippen molar-refractivity contribution in [3.63, 3.8) is 0 Å². The SMILES string of the molecule is Cc1ccccc1[S+]([O-])N(C=O)SC(F)(C(F)(F)F)C(F)(F)F. The molecular formula is C11H8F7NO2S2. The van der Waals surface area contributed by atoms with Gasteiger partial charge in [0.1, 0.15) is 11.4 Å². The second-order valence-corrected chi connectivity index (χ2v) is 6.79. The Hall–Kier alpha value is -1.14. The highest BCUT2D eigenvalue weighted by Gasteiger charge is 2.75. The van der Waals surface area contributed by atoms with Crippen molar-refractivity contribution in [1.82, 2.24) is 3.71 Å². The van der Waals surface area contributed by atoms with Gasteiger partial charge >= 0.3 is 17.4 Å². The largest absolute Gasteiger partial charge is 0.587 e. The van der Waals surface area contributed by atoms with Gasteiger partial charge in [0.25, 0.3) is 6.41 Å². The molecule has 0 fully saturated rings. The average Bonchev–Trinajstić information content (AvgIpc) is 2.41. The second-order valence-electron chi connectivity index (χ2n) is 4.09. The zero-order valence-electron chi connectivity index (χ0n) is 11.1. The van der Waals surface area contributed by atoms with Gasteiger partial charge in [-0.15, -0.1) is 0 Å². The minimum Gasteiger partial charge on any atom is -0.587 e. The summed E-state index contributed by atoms with van der Waals surface area (Å²) in [4.78, 5) is 10.6. The molecule has 0 heterocycles. The van der Waals surface area contributed by atoms with E-state index in [4.69, 9.17) is 0 Å². The Balaban J connectivity index is 3.20. The highest BCUT2D eigenvalue weighted by Crippen LogP contribution is 2.54. The molecule has 0 aliphatic rings. The third-order valence-corrected chi connectivity index (χ3v) is 5.33. The van der Waals surface area contributed by atoms with Gasteiger partial charge in [0.15, 0.2) is 4.90 Å². The summed E-state index contributed by atoms with van der Waals surface area (Å²) in [6, 6.07) is 5.28. The summed E-state index contributed by atoms with van der Waals surface area (Å²) in [5.41, 5.74) is 0.238. The quantitative estimate of drug-likeness (QED) is 0.335. The molecule has 0 spiro atoms. The van der Waals surface area contributed by atoms with Crippen molar-refractivity contribution in [3.05, 3.63) is 29.8 Å². The van der Waals surface area contributed by atoms with Crippen LogP contribution in [0.5, 0.6) is 0 Å². The van der Waals surface area contributed by atoms with Crippen LogP contribution in [0.4, 0.5) is 30.7 Å². The molecule has 0 bridgehead atoms. The van der Waals surface area contributed by atoms with Crippen molar-refractivity contribution in [1.29, 1.82) is 0 Å². The number of carbonyl (C=O) groups excluding carboxylic acids is 1. The normalized spacial score (nSPS) is 14.5. The Morgan fingerprint density at radius 1 is 1.09 bits per heavy atom. The molecule has 1 amide bonds. The van der Waals surface area contributed by atoms with Crippen molar-refractivity contribution in [2.75, 3.05) is 0 Å². The third kappa shape index (κ3) is 4.04. The lowest BCUT2D eigenvalue weighted by Crippen LogP contribution is -2.52. The first-order valence-corrected chi connectivity index (χ1v) is 7.46. The number of benzene rings is 1. The highest BCUT2D eigenvalue weighted by atomic mass is 32.3. The number of hydrogen-bond acceptors (Lipinski definition) is 3. The molecule has 0 N–H and O–H groups in total. The van der Waals surface area contributed by atoms with E-state index in [9.17, 15) is 40.1 Å². The molecule has 1 aromatic carbocycles. The Morgan fingerprint density at radius 3 is 1.96 bits per heavy atom. The van der Waals surface area contributed by atoms with Gasteiger partial charge in [-0.1, -0.05) is 21.9 Å². The summed E-state index contributed by atoms with van der Waals surface area (Å²) in [5, 5.41) is -5.78. The molecule has 0 aliphatic heterocycles. The molecule has 1 unspecified atom stereocenters. The van der Waals surface area contributed by atoms with Crippen LogP contribution >= 0.6 is 11.9 Å². The molecule has 23 heavy (non-hydrogen) atoms. The van der Waals surface area contributed by atoms with Crippen molar-refractivity contribution in [2.45, 2.75) is 29.2 Å². The first kappa shape index (κ1) is 19.9. The summed E-state index contributed by atoms with van der Waals surface area (Å²) in [6.45, 7) is 1.37. The van der Waals surface area contributed by atoms with Gasteiger partial charge < -0.3 is 4.55 Å². The van der Waals surface area contributed by atoms with Crippen LogP contribution < -0.4 is 0 Å². The summed E-state index contributed by atoms with van der Waals surface area (Å²) in [5.74, 6) is 0. The van der Waals surface area contributed by atoms with Crippen molar-refractivity contribution < 1.29 is 40.1 Å². The van der Waals surface area contributed by atoms with E-state index in [1.165, 1.54) is 25.1 Å². The maximum absolute atomic E-state index is 13.6. The highest BCUT2D eigenvalue weighted by molar-refractivity contribution is 8.10. The maximum Gasteiger partial charge on any atom is 0.443 e. The summed E-state index contributed by atoms with van der Waals surface area (Å²) >= 11 is -4.29. The topological polar surface area (TPSA) is 43.4 Å². The van der Waals surface area contributed by atoms with Crippen LogP contribution in [-0.2, 0) is 16.2 Å². The minimum absolute atomic E-state index is 0.223. The van der Waals surface area contributed by atoms with E-state index in [0.717, 1.165) is 6.07 Å². The molecule has 1 aromatic rings. The molecule has 12 heteroatoms. The van der Waals surface area contributed by atoms with E-state index < -0.39 is 50.8 Å². The monoisotopic (exact) mass is 383 g/mol. The van der Waals surface area contributed by atoms with Crippen molar-refractivity contribution in [3.8, 4) is 0 Å². The number of amides is 1. The molecular weight excluding hydrogens is 375 g/mol. The van der Waals surface area contributed by atoms with E-state index in [-0.39, 0.29) is 10.5 Å². The summed E-state index contributed by atoms with van der Waals surface area (Å²) < 4.78 is 100. The number of halogens is 7. The van der Waals surface area contributed by atoms with Crippen molar-refractivity contribution >= 4 is 29.7 Å². The Labute approximate surface area is 133 Å². The zero-order chi connectivity index (χ0) is 18.1. The fraction of sp³-hybridized carbons (Fsp3) is 0.364. The predicted octanol–water partition coefficient (Wildman–Crippen LogP) is 3.91. The second kappa shape index (κ2) is 6.77. The van der Waals surface area contributed by atoms with Gasteiger partial charge in [-0.25, -0.2) is 4.39 Å². The summed E-state index contributed by atoms with van der Waals surface area (Å²) in [7, 11) is 0. The first-order valence-electron chi connectivity index (χ1n) is 5.58. The van der Waals surface area contributed by atoms with Crippen molar-refractivity contribution in [2.24, 2.45) is 0 Å². The molecule has 0 saturated heterocycles. The van der Waals surface area contributed by atoms with E-state index >= 15 is 0 Å².